The van der Waals surface area contributed by atoms with Gasteiger partial charge >= 0.3 is 5.97 Å². The summed E-state index contributed by atoms with van der Waals surface area (Å²) in [6, 6.07) is 9.41. The number of ether oxygens (including phenoxy) is 1. The van der Waals surface area contributed by atoms with Gasteiger partial charge in [-0.1, -0.05) is 0 Å². The molecule has 0 aliphatic rings. The highest BCUT2D eigenvalue weighted by Gasteiger charge is 2.12. The molecule has 3 N–H and O–H groups in total. The first kappa shape index (κ1) is 18.8. The van der Waals surface area contributed by atoms with Crippen LogP contribution in [0.2, 0.25) is 0 Å². The van der Waals surface area contributed by atoms with Crippen LogP contribution in [0.25, 0.3) is 0 Å². The number of anilines is 3. The molecule has 144 valence electrons. The van der Waals surface area contributed by atoms with E-state index < -0.39 is 5.97 Å². The topological polar surface area (TPSA) is 136 Å². The molecule has 0 aliphatic carbocycles. The zero-order chi connectivity index (χ0) is 20.1. The van der Waals surface area contributed by atoms with Crippen molar-refractivity contribution in [1.82, 2.24) is 15.0 Å². The number of amides is 1. The minimum absolute atomic E-state index is 0.0430. The molecule has 0 fully saturated rings. The van der Waals surface area contributed by atoms with E-state index in [1.54, 1.807) is 43.3 Å². The monoisotopic (exact) mass is 382 g/mol. The molecule has 0 unspecified atom stereocenters. The average molecular weight is 382 g/mol. The van der Waals surface area contributed by atoms with E-state index in [9.17, 15) is 9.59 Å². The molecule has 0 spiro atoms. The van der Waals surface area contributed by atoms with Crippen LogP contribution in [0.1, 0.15) is 26.7 Å². The van der Waals surface area contributed by atoms with Crippen molar-refractivity contribution >= 4 is 29.5 Å². The van der Waals surface area contributed by atoms with Crippen LogP contribution in [0.3, 0.4) is 0 Å². The number of carbonyl (C=O) groups is 2. The van der Waals surface area contributed by atoms with Crippen molar-refractivity contribution in [2.24, 2.45) is 0 Å². The van der Waals surface area contributed by atoms with Gasteiger partial charge in [0.05, 0.1) is 11.8 Å². The fourth-order valence-electron chi connectivity index (χ4n) is 2.19. The van der Waals surface area contributed by atoms with E-state index in [1.807, 2.05) is 0 Å². The lowest BCUT2D eigenvalue weighted by molar-refractivity contribution is 0.0462. The molecule has 0 aliphatic heterocycles. The number of hydrogen-bond acceptors (Lipinski definition) is 9. The Labute approximate surface area is 160 Å². The molecule has 0 atom stereocenters. The normalized spacial score (nSPS) is 10.4. The van der Waals surface area contributed by atoms with Crippen LogP contribution in [0.15, 0.2) is 47.1 Å². The van der Waals surface area contributed by atoms with E-state index >= 15 is 0 Å². The molecular formula is C18H18N6O4. The molecule has 0 saturated carbocycles. The number of carbonyl (C=O) groups excluding carboxylic acids is 2. The van der Waals surface area contributed by atoms with Crippen molar-refractivity contribution in [3.8, 4) is 0 Å². The SMILES string of the molecule is CN(C)c1nc(N)nc(COC(=O)c2ccc(NC(=O)c3ccco3)cc2)n1. The molecule has 3 rings (SSSR count). The van der Waals surface area contributed by atoms with Crippen LogP contribution >= 0.6 is 0 Å². The van der Waals surface area contributed by atoms with Crippen molar-refractivity contribution in [2.45, 2.75) is 6.61 Å². The van der Waals surface area contributed by atoms with Crippen LogP contribution in [-0.2, 0) is 11.3 Å². The van der Waals surface area contributed by atoms with Crippen LogP contribution in [-0.4, -0.2) is 40.9 Å². The van der Waals surface area contributed by atoms with Crippen molar-refractivity contribution in [3.05, 3.63) is 59.8 Å². The van der Waals surface area contributed by atoms with Gasteiger partial charge in [-0.2, -0.15) is 15.0 Å². The van der Waals surface area contributed by atoms with Gasteiger partial charge in [0.25, 0.3) is 5.91 Å². The van der Waals surface area contributed by atoms with E-state index in [-0.39, 0.29) is 30.0 Å². The summed E-state index contributed by atoms with van der Waals surface area (Å²) in [5.41, 5.74) is 6.46. The highest BCUT2D eigenvalue weighted by Crippen LogP contribution is 2.13. The Morgan fingerprint density at radius 3 is 2.54 bits per heavy atom. The standard InChI is InChI=1S/C18H18N6O4/c1-24(2)18-22-14(21-17(19)23-18)10-28-16(26)11-5-7-12(8-6-11)20-15(25)13-4-3-9-27-13/h3-9H,10H2,1-2H3,(H,20,25)(H2,19,21,22,23). The molecule has 0 saturated heterocycles. The Kier molecular flexibility index (Phi) is 5.49. The number of furan rings is 1. The quantitative estimate of drug-likeness (QED) is 0.610. The number of esters is 1. The third-order valence-electron chi connectivity index (χ3n) is 3.54. The number of nitrogens with one attached hydrogen (secondary N) is 1. The Morgan fingerprint density at radius 1 is 1.14 bits per heavy atom. The molecule has 1 aromatic carbocycles. The van der Waals surface area contributed by atoms with E-state index in [0.717, 1.165) is 0 Å². The summed E-state index contributed by atoms with van der Waals surface area (Å²) < 4.78 is 10.2. The highest BCUT2D eigenvalue weighted by molar-refractivity contribution is 6.02. The number of rotatable bonds is 6. The third-order valence-corrected chi connectivity index (χ3v) is 3.54. The number of nitrogen functional groups attached to an aromatic ring is 1. The molecule has 1 amide bonds. The van der Waals surface area contributed by atoms with Crippen LogP contribution in [0.5, 0.6) is 0 Å². The van der Waals surface area contributed by atoms with Gasteiger partial charge in [-0.15, -0.1) is 0 Å². The zero-order valence-corrected chi connectivity index (χ0v) is 15.2. The summed E-state index contributed by atoms with van der Waals surface area (Å²) in [4.78, 5) is 37.9. The summed E-state index contributed by atoms with van der Waals surface area (Å²) in [5, 5.41) is 2.66. The van der Waals surface area contributed by atoms with Crippen LogP contribution in [0.4, 0.5) is 17.6 Å². The Bertz CT molecular complexity index is 970. The summed E-state index contributed by atoms with van der Waals surface area (Å²) in [6.07, 6.45) is 1.41. The largest absolute Gasteiger partial charge is 0.459 e. The van der Waals surface area contributed by atoms with Gasteiger partial charge in [-0.25, -0.2) is 4.79 Å². The third kappa shape index (κ3) is 4.61. The maximum Gasteiger partial charge on any atom is 0.338 e. The minimum atomic E-state index is -0.561. The Morgan fingerprint density at radius 2 is 1.89 bits per heavy atom. The molecule has 0 radical (unpaired) electrons. The zero-order valence-electron chi connectivity index (χ0n) is 15.2. The first-order chi connectivity index (χ1) is 13.4. The highest BCUT2D eigenvalue weighted by atomic mass is 16.5. The summed E-state index contributed by atoms with van der Waals surface area (Å²) in [6.45, 7) is -0.149. The van der Waals surface area contributed by atoms with E-state index in [4.69, 9.17) is 14.9 Å². The van der Waals surface area contributed by atoms with Crippen molar-refractivity contribution in [1.29, 1.82) is 0 Å². The minimum Gasteiger partial charge on any atom is -0.459 e. The maximum absolute atomic E-state index is 12.2. The summed E-state index contributed by atoms with van der Waals surface area (Å²) >= 11 is 0. The molecule has 10 nitrogen and oxygen atoms in total. The Balaban J connectivity index is 1.60. The fourth-order valence-corrected chi connectivity index (χ4v) is 2.19. The van der Waals surface area contributed by atoms with Gasteiger partial charge in [-0.3, -0.25) is 4.79 Å². The van der Waals surface area contributed by atoms with E-state index in [1.165, 1.54) is 18.4 Å². The van der Waals surface area contributed by atoms with Gasteiger partial charge in [0.1, 0.15) is 0 Å². The second-order valence-electron chi connectivity index (χ2n) is 5.89. The number of nitrogens with zero attached hydrogens (tertiary/aromatic N) is 4. The van der Waals surface area contributed by atoms with Gasteiger partial charge in [-0.05, 0) is 36.4 Å². The lowest BCUT2D eigenvalue weighted by Gasteiger charge is -2.11. The van der Waals surface area contributed by atoms with Crippen molar-refractivity contribution < 1.29 is 18.7 Å². The van der Waals surface area contributed by atoms with Crippen molar-refractivity contribution in [3.63, 3.8) is 0 Å². The molecule has 3 aromatic rings. The molecule has 0 bridgehead atoms. The first-order valence-corrected chi connectivity index (χ1v) is 8.22. The van der Waals surface area contributed by atoms with Crippen LogP contribution in [0, 0.1) is 0 Å². The van der Waals surface area contributed by atoms with Gasteiger partial charge in [0.15, 0.2) is 18.2 Å². The lowest BCUT2D eigenvalue weighted by atomic mass is 10.2. The predicted octanol–water partition coefficient (Wildman–Crippen LogP) is 1.72. The van der Waals surface area contributed by atoms with E-state index in [2.05, 4.69) is 20.3 Å². The molecule has 28 heavy (non-hydrogen) atoms. The molecule has 10 heteroatoms. The smallest absolute Gasteiger partial charge is 0.338 e. The fraction of sp³-hybridized carbons (Fsp3) is 0.167. The number of aromatic nitrogens is 3. The van der Waals surface area contributed by atoms with Gasteiger partial charge in [0.2, 0.25) is 11.9 Å². The summed E-state index contributed by atoms with van der Waals surface area (Å²) in [7, 11) is 3.52. The lowest BCUT2D eigenvalue weighted by Crippen LogP contribution is -2.17. The predicted molar refractivity (Wildman–Crippen MR) is 101 cm³/mol. The number of benzene rings is 1. The van der Waals surface area contributed by atoms with E-state index in [0.29, 0.717) is 17.2 Å². The number of hydrogen-bond donors (Lipinski definition) is 2. The molecule has 2 aromatic heterocycles. The second-order valence-corrected chi connectivity index (χ2v) is 5.89. The van der Waals surface area contributed by atoms with Gasteiger partial charge < -0.3 is 25.1 Å². The second kappa shape index (κ2) is 8.16. The molecular weight excluding hydrogens is 364 g/mol. The van der Waals surface area contributed by atoms with Gasteiger partial charge in [0, 0.05) is 19.8 Å². The number of nitrogens with two attached hydrogens (primary N) is 1. The van der Waals surface area contributed by atoms with Crippen molar-refractivity contribution in [2.75, 3.05) is 30.0 Å². The molecule has 2 heterocycles. The maximum atomic E-state index is 12.2. The Hall–Kier alpha value is -3.95. The summed E-state index contributed by atoms with van der Waals surface area (Å²) in [5.74, 6) is -0.0977. The average Bonchev–Trinajstić information content (AvgIpc) is 3.21. The first-order valence-electron chi connectivity index (χ1n) is 8.22. The van der Waals surface area contributed by atoms with Crippen LogP contribution < -0.4 is 16.0 Å².